The van der Waals surface area contributed by atoms with Gasteiger partial charge in [-0.15, -0.1) is 0 Å². The maximum atomic E-state index is 12.5. The number of anilines is 1. The summed E-state index contributed by atoms with van der Waals surface area (Å²) in [7, 11) is 8.22. The van der Waals surface area contributed by atoms with Gasteiger partial charge in [0.2, 0.25) is 5.91 Å². The van der Waals surface area contributed by atoms with Gasteiger partial charge in [0.25, 0.3) is 0 Å². The van der Waals surface area contributed by atoms with E-state index < -0.39 is 0 Å². The van der Waals surface area contributed by atoms with E-state index >= 15 is 0 Å². The van der Waals surface area contributed by atoms with Crippen LogP contribution in [-0.2, 0) is 11.8 Å². The molecule has 3 aromatic rings. The third-order valence-electron chi connectivity index (χ3n) is 4.92. The monoisotopic (exact) mass is 345 g/mol. The molecular formula is C19H20BN5O. The molecule has 1 aliphatic rings. The molecule has 6 nitrogen and oxygen atoms in total. The molecule has 1 fully saturated rings. The lowest BCUT2D eigenvalue weighted by Crippen LogP contribution is -2.35. The summed E-state index contributed by atoms with van der Waals surface area (Å²) < 4.78 is 1.76. The van der Waals surface area contributed by atoms with Crippen LogP contribution in [0.5, 0.6) is 0 Å². The number of rotatable bonds is 3. The number of nitrogens with zero attached hydrogens (tertiary/aromatic N) is 3. The molecule has 1 aliphatic heterocycles. The number of hydrogen-bond donors (Lipinski definition) is 2. The van der Waals surface area contributed by atoms with Gasteiger partial charge in [-0.1, -0.05) is 12.1 Å². The molecular weight excluding hydrogens is 325 g/mol. The van der Waals surface area contributed by atoms with Crippen LogP contribution in [0.2, 0.25) is 0 Å². The van der Waals surface area contributed by atoms with E-state index in [4.69, 9.17) is 7.85 Å². The van der Waals surface area contributed by atoms with E-state index in [-0.39, 0.29) is 11.8 Å². The summed E-state index contributed by atoms with van der Waals surface area (Å²) >= 11 is 0. The molecule has 3 heterocycles. The van der Waals surface area contributed by atoms with Crippen LogP contribution in [-0.4, -0.2) is 41.6 Å². The Morgan fingerprint density at radius 1 is 1.27 bits per heavy atom. The summed E-state index contributed by atoms with van der Waals surface area (Å²) in [5.41, 5.74) is 2.54. The van der Waals surface area contributed by atoms with Gasteiger partial charge in [0, 0.05) is 30.9 Å². The highest BCUT2D eigenvalue weighted by Gasteiger charge is 2.21. The van der Waals surface area contributed by atoms with Crippen molar-refractivity contribution in [1.82, 2.24) is 20.1 Å². The van der Waals surface area contributed by atoms with E-state index in [0.717, 1.165) is 47.8 Å². The lowest BCUT2D eigenvalue weighted by atomic mass is 9.89. The van der Waals surface area contributed by atoms with Gasteiger partial charge in [-0.3, -0.25) is 9.48 Å². The van der Waals surface area contributed by atoms with E-state index in [2.05, 4.69) is 20.7 Å². The second-order valence-electron chi connectivity index (χ2n) is 6.74. The third-order valence-corrected chi connectivity index (χ3v) is 4.92. The maximum Gasteiger partial charge on any atom is 0.228 e. The number of benzene rings is 1. The second kappa shape index (κ2) is 6.92. The van der Waals surface area contributed by atoms with Gasteiger partial charge in [0.15, 0.2) is 0 Å². The van der Waals surface area contributed by atoms with Crippen molar-refractivity contribution in [2.45, 2.75) is 12.8 Å². The zero-order valence-electron chi connectivity index (χ0n) is 14.7. The summed E-state index contributed by atoms with van der Waals surface area (Å²) in [6.07, 6.45) is 7.20. The van der Waals surface area contributed by atoms with E-state index in [9.17, 15) is 4.79 Å². The Hall–Kier alpha value is -2.67. The van der Waals surface area contributed by atoms with Gasteiger partial charge in [-0.2, -0.15) is 5.10 Å². The number of amides is 1. The first-order chi connectivity index (χ1) is 12.6. The minimum Gasteiger partial charge on any atom is -0.317 e. The zero-order chi connectivity index (χ0) is 18.1. The van der Waals surface area contributed by atoms with Gasteiger partial charge < -0.3 is 10.6 Å². The molecule has 0 aliphatic carbocycles. The smallest absolute Gasteiger partial charge is 0.228 e. The van der Waals surface area contributed by atoms with Crippen molar-refractivity contribution in [3.63, 3.8) is 0 Å². The van der Waals surface area contributed by atoms with E-state index in [1.165, 1.54) is 0 Å². The Kier molecular flexibility index (Phi) is 4.47. The summed E-state index contributed by atoms with van der Waals surface area (Å²) in [6, 6.07) is 6.02. The summed E-state index contributed by atoms with van der Waals surface area (Å²) in [4.78, 5) is 16.9. The van der Waals surface area contributed by atoms with Crippen LogP contribution in [0, 0.1) is 5.92 Å². The first-order valence-corrected chi connectivity index (χ1v) is 8.80. The van der Waals surface area contributed by atoms with Crippen molar-refractivity contribution in [3.8, 4) is 11.1 Å². The Morgan fingerprint density at radius 2 is 2.08 bits per heavy atom. The average Bonchev–Trinajstić information content (AvgIpc) is 3.11. The standard InChI is InChI=1S/C19H20BN5O/c1-25-11-15(10-23-25)13-2-3-14-9-22-18(17(20)16(14)8-13)24-19(26)12-4-6-21-7-5-12/h2-3,8-12,21H,4-7H2,1H3,(H,22,24,26). The number of fused-ring (bicyclic) bond motifs is 1. The highest BCUT2D eigenvalue weighted by molar-refractivity contribution is 6.42. The van der Waals surface area contributed by atoms with E-state index in [0.29, 0.717) is 11.3 Å². The molecule has 0 spiro atoms. The number of hydrogen-bond acceptors (Lipinski definition) is 4. The third kappa shape index (κ3) is 3.22. The molecule has 1 saturated heterocycles. The molecule has 1 amide bonds. The Morgan fingerprint density at radius 3 is 2.81 bits per heavy atom. The normalized spacial score (nSPS) is 15.3. The summed E-state index contributed by atoms with van der Waals surface area (Å²) in [6.45, 7) is 1.74. The van der Waals surface area contributed by atoms with Crippen LogP contribution < -0.4 is 16.1 Å². The Bertz CT molecular complexity index is 962. The van der Waals surface area contributed by atoms with Gasteiger partial charge in [-0.05, 0) is 53.8 Å². The zero-order valence-corrected chi connectivity index (χ0v) is 14.7. The van der Waals surface area contributed by atoms with Crippen LogP contribution in [0.1, 0.15) is 12.8 Å². The van der Waals surface area contributed by atoms with Crippen molar-refractivity contribution in [2.75, 3.05) is 18.4 Å². The second-order valence-corrected chi connectivity index (χ2v) is 6.74. The van der Waals surface area contributed by atoms with E-state index in [1.54, 1.807) is 10.9 Å². The fourth-order valence-electron chi connectivity index (χ4n) is 3.39. The number of piperidine rings is 1. The van der Waals surface area contributed by atoms with Crippen LogP contribution in [0.25, 0.3) is 21.9 Å². The van der Waals surface area contributed by atoms with Crippen molar-refractivity contribution in [1.29, 1.82) is 0 Å². The molecule has 4 rings (SSSR count). The van der Waals surface area contributed by atoms with Gasteiger partial charge in [0.05, 0.1) is 6.20 Å². The predicted molar refractivity (Wildman–Crippen MR) is 104 cm³/mol. The fraction of sp³-hybridized carbons (Fsp3) is 0.316. The molecule has 2 N–H and O–H groups in total. The van der Waals surface area contributed by atoms with Gasteiger partial charge in [-0.25, -0.2) is 4.98 Å². The van der Waals surface area contributed by atoms with Crippen molar-refractivity contribution >= 4 is 35.8 Å². The number of carbonyl (C=O) groups excluding carboxylic acids is 1. The SMILES string of the molecule is [B]c1c(NC(=O)C2CCNCC2)ncc2ccc(-c3cnn(C)c3)cc12. The fourth-order valence-corrected chi connectivity index (χ4v) is 3.39. The number of carbonyl (C=O) groups is 1. The molecule has 1 aromatic carbocycles. The number of aryl methyl sites for hydroxylation is 1. The molecule has 0 bridgehead atoms. The lowest BCUT2D eigenvalue weighted by Gasteiger charge is -2.22. The quantitative estimate of drug-likeness (QED) is 0.704. The highest BCUT2D eigenvalue weighted by atomic mass is 16.1. The van der Waals surface area contributed by atoms with Crippen LogP contribution in [0.3, 0.4) is 0 Å². The molecule has 130 valence electrons. The highest BCUT2D eigenvalue weighted by Crippen LogP contribution is 2.24. The van der Waals surface area contributed by atoms with Crippen molar-refractivity contribution < 1.29 is 4.79 Å². The number of aromatic nitrogens is 3. The molecule has 2 radical (unpaired) electrons. The molecule has 26 heavy (non-hydrogen) atoms. The summed E-state index contributed by atoms with van der Waals surface area (Å²) in [5, 5.41) is 12.2. The van der Waals surface area contributed by atoms with Gasteiger partial charge in [0.1, 0.15) is 13.7 Å². The number of pyridine rings is 1. The summed E-state index contributed by atoms with van der Waals surface area (Å²) in [5.74, 6) is 0.438. The van der Waals surface area contributed by atoms with Crippen LogP contribution >= 0.6 is 0 Å². The largest absolute Gasteiger partial charge is 0.317 e. The Labute approximate surface area is 153 Å². The van der Waals surface area contributed by atoms with E-state index in [1.807, 2.05) is 37.6 Å². The molecule has 0 unspecified atom stereocenters. The van der Waals surface area contributed by atoms with Crippen molar-refractivity contribution in [2.24, 2.45) is 13.0 Å². The first-order valence-electron chi connectivity index (χ1n) is 8.80. The minimum atomic E-state index is -0.00605. The van der Waals surface area contributed by atoms with Crippen LogP contribution in [0.15, 0.2) is 36.8 Å². The molecule has 0 atom stereocenters. The maximum absolute atomic E-state index is 12.5. The van der Waals surface area contributed by atoms with Gasteiger partial charge >= 0.3 is 0 Å². The first kappa shape index (κ1) is 16.8. The predicted octanol–water partition coefficient (Wildman–Crippen LogP) is 1.37. The van der Waals surface area contributed by atoms with Crippen LogP contribution in [0.4, 0.5) is 5.82 Å². The molecule has 7 heteroatoms. The topological polar surface area (TPSA) is 71.8 Å². The van der Waals surface area contributed by atoms with Crippen molar-refractivity contribution in [3.05, 3.63) is 36.8 Å². The number of nitrogens with one attached hydrogen (secondary N) is 2. The average molecular weight is 345 g/mol. The minimum absolute atomic E-state index is 0.00605. The lowest BCUT2D eigenvalue weighted by molar-refractivity contribution is -0.120. The molecule has 0 saturated carbocycles. The molecule has 2 aromatic heterocycles. The Balaban J connectivity index is 1.65.